The second kappa shape index (κ2) is 10.8. The van der Waals surface area contributed by atoms with Gasteiger partial charge in [0.1, 0.15) is 0 Å². The Hall–Kier alpha value is -6.12. The molecule has 0 radical (unpaired) electrons. The van der Waals surface area contributed by atoms with E-state index in [4.69, 9.17) is 0 Å². The van der Waals surface area contributed by atoms with Crippen molar-refractivity contribution in [3.8, 4) is 27.9 Å². The lowest BCUT2D eigenvalue weighted by molar-refractivity contribution is 1.18. The van der Waals surface area contributed by atoms with E-state index in [9.17, 15) is 0 Å². The average Bonchev–Trinajstić information content (AvgIpc) is 3.45. The van der Waals surface area contributed by atoms with Gasteiger partial charge in [0.25, 0.3) is 0 Å². The second-order valence-electron chi connectivity index (χ2n) is 11.8. The summed E-state index contributed by atoms with van der Waals surface area (Å²) in [5.41, 5.74) is 10.7. The van der Waals surface area contributed by atoms with Crippen LogP contribution in [0, 0.1) is 0 Å². The van der Waals surface area contributed by atoms with E-state index < -0.39 is 0 Å². The Kier molecular flexibility index (Phi) is 6.17. The predicted octanol–water partition coefficient (Wildman–Crippen LogP) is 12.2. The number of hydrogen-bond acceptors (Lipinski definition) is 1. The third-order valence-electron chi connectivity index (χ3n) is 9.14. The van der Waals surface area contributed by atoms with Crippen molar-refractivity contribution in [2.24, 2.45) is 0 Å². The molecule has 0 aliphatic heterocycles. The molecule has 0 unspecified atom stereocenters. The van der Waals surface area contributed by atoms with Gasteiger partial charge in [0, 0.05) is 27.8 Å². The smallest absolute Gasteiger partial charge is 0.0542 e. The van der Waals surface area contributed by atoms with E-state index in [-0.39, 0.29) is 0 Å². The van der Waals surface area contributed by atoms with Crippen LogP contribution in [0.3, 0.4) is 0 Å². The minimum atomic E-state index is 1.06. The molecule has 1 N–H and O–H groups in total. The molecule has 0 bridgehead atoms. The highest BCUT2D eigenvalue weighted by molar-refractivity contribution is 6.21. The van der Waals surface area contributed by atoms with Crippen LogP contribution in [0.5, 0.6) is 0 Å². The maximum atomic E-state index is 3.68. The van der Waals surface area contributed by atoms with Crippen molar-refractivity contribution < 1.29 is 0 Å². The van der Waals surface area contributed by atoms with Crippen molar-refractivity contribution in [3.05, 3.63) is 176 Å². The molecule has 2 nitrogen and oxygen atoms in total. The van der Waals surface area contributed by atoms with Gasteiger partial charge in [-0.3, -0.25) is 0 Å². The molecule has 9 aromatic rings. The number of para-hydroxylation sites is 2. The molecule has 0 aliphatic carbocycles. The number of nitrogens with one attached hydrogen (secondary N) is 1. The molecular formula is C44H30N2. The second-order valence-corrected chi connectivity index (χ2v) is 11.8. The summed E-state index contributed by atoms with van der Waals surface area (Å²) in [6.07, 6.45) is 0. The van der Waals surface area contributed by atoms with E-state index >= 15 is 0 Å². The van der Waals surface area contributed by atoms with Crippen molar-refractivity contribution in [1.82, 2.24) is 4.57 Å². The van der Waals surface area contributed by atoms with E-state index in [1.165, 1.54) is 71.3 Å². The van der Waals surface area contributed by atoms with Gasteiger partial charge < -0.3 is 9.88 Å². The first kappa shape index (κ1) is 26.3. The van der Waals surface area contributed by atoms with Crippen molar-refractivity contribution in [2.45, 2.75) is 0 Å². The third-order valence-corrected chi connectivity index (χ3v) is 9.14. The summed E-state index contributed by atoms with van der Waals surface area (Å²) in [6, 6.07) is 63.2. The van der Waals surface area contributed by atoms with E-state index in [1.54, 1.807) is 0 Å². The molecule has 0 aliphatic rings. The Morgan fingerprint density at radius 1 is 0.326 bits per heavy atom. The average molecular weight is 587 g/mol. The van der Waals surface area contributed by atoms with Crippen molar-refractivity contribution >= 4 is 54.7 Å². The predicted molar refractivity (Wildman–Crippen MR) is 196 cm³/mol. The van der Waals surface area contributed by atoms with Crippen LogP contribution in [-0.2, 0) is 0 Å². The fraction of sp³-hybridized carbons (Fsp3) is 0. The molecule has 2 heteroatoms. The molecule has 1 aromatic heterocycles. The zero-order valence-electron chi connectivity index (χ0n) is 25.2. The van der Waals surface area contributed by atoms with Gasteiger partial charge in [0.05, 0.1) is 11.0 Å². The number of nitrogens with zero attached hydrogens (tertiary/aromatic N) is 1. The fourth-order valence-corrected chi connectivity index (χ4v) is 7.15. The van der Waals surface area contributed by atoms with Crippen LogP contribution in [0.1, 0.15) is 0 Å². The number of aromatic nitrogens is 1. The molecule has 0 saturated heterocycles. The Balaban J connectivity index is 1.13. The standard InChI is InChI=1S/C44H30N2/c1-3-13-30(14-4-1)43-36-18-7-9-20-38(36)44(39-21-10-8-19-37(39)43)31-23-25-32(26-24-31)45-33-27-28-42-40(29-33)35-17-11-12-22-41(35)46(42)34-15-5-2-6-16-34/h1-29,45H. The SMILES string of the molecule is c1ccc(-c2c3ccccc3c(-c3ccc(Nc4ccc5c(c4)c4ccccc4n5-c4ccccc4)cc3)c3ccccc23)cc1. The largest absolute Gasteiger partial charge is 0.356 e. The summed E-state index contributed by atoms with van der Waals surface area (Å²) in [7, 11) is 0. The lowest BCUT2D eigenvalue weighted by Crippen LogP contribution is -1.94. The molecule has 46 heavy (non-hydrogen) atoms. The minimum Gasteiger partial charge on any atom is -0.356 e. The highest BCUT2D eigenvalue weighted by Crippen LogP contribution is 2.44. The van der Waals surface area contributed by atoms with E-state index in [1.807, 2.05) is 0 Å². The Labute approximate surface area is 267 Å². The summed E-state index contributed by atoms with van der Waals surface area (Å²) < 4.78 is 2.35. The topological polar surface area (TPSA) is 17.0 Å². The monoisotopic (exact) mass is 586 g/mol. The molecule has 1 heterocycles. The number of fused-ring (bicyclic) bond motifs is 5. The van der Waals surface area contributed by atoms with Crippen LogP contribution in [0.2, 0.25) is 0 Å². The van der Waals surface area contributed by atoms with Crippen LogP contribution >= 0.6 is 0 Å². The van der Waals surface area contributed by atoms with Crippen LogP contribution in [0.25, 0.3) is 71.3 Å². The molecule has 8 aromatic carbocycles. The maximum Gasteiger partial charge on any atom is 0.0542 e. The summed E-state index contributed by atoms with van der Waals surface area (Å²) in [5.74, 6) is 0. The van der Waals surface area contributed by atoms with Gasteiger partial charge in [-0.1, -0.05) is 127 Å². The molecule has 9 rings (SSSR count). The van der Waals surface area contributed by atoms with Gasteiger partial charge in [-0.25, -0.2) is 0 Å². The van der Waals surface area contributed by atoms with Gasteiger partial charge >= 0.3 is 0 Å². The summed E-state index contributed by atoms with van der Waals surface area (Å²) >= 11 is 0. The maximum absolute atomic E-state index is 3.68. The van der Waals surface area contributed by atoms with Crippen molar-refractivity contribution in [3.63, 3.8) is 0 Å². The van der Waals surface area contributed by atoms with Crippen LogP contribution in [0.4, 0.5) is 11.4 Å². The first-order chi connectivity index (χ1) is 22.8. The Morgan fingerprint density at radius 2 is 0.783 bits per heavy atom. The highest BCUT2D eigenvalue weighted by atomic mass is 15.0. The van der Waals surface area contributed by atoms with Crippen LogP contribution in [0.15, 0.2) is 176 Å². The Morgan fingerprint density at radius 3 is 1.39 bits per heavy atom. The lowest BCUT2D eigenvalue weighted by atomic mass is 9.86. The molecule has 0 saturated carbocycles. The van der Waals surface area contributed by atoms with Gasteiger partial charge in [0.15, 0.2) is 0 Å². The van der Waals surface area contributed by atoms with E-state index in [2.05, 4.69) is 186 Å². The summed E-state index contributed by atoms with van der Waals surface area (Å²) in [6.45, 7) is 0. The zero-order valence-corrected chi connectivity index (χ0v) is 25.2. The molecule has 0 spiro atoms. The minimum absolute atomic E-state index is 1.06. The van der Waals surface area contributed by atoms with Gasteiger partial charge in [-0.05, 0) is 92.3 Å². The Bertz CT molecular complexity index is 2470. The van der Waals surface area contributed by atoms with Crippen LogP contribution < -0.4 is 5.32 Å². The normalized spacial score (nSPS) is 11.5. The van der Waals surface area contributed by atoms with Crippen molar-refractivity contribution in [1.29, 1.82) is 0 Å². The van der Waals surface area contributed by atoms with Gasteiger partial charge in [0.2, 0.25) is 0 Å². The molecular weight excluding hydrogens is 556 g/mol. The highest BCUT2D eigenvalue weighted by Gasteiger charge is 2.17. The molecule has 0 amide bonds. The van der Waals surface area contributed by atoms with E-state index in [0.29, 0.717) is 0 Å². The van der Waals surface area contributed by atoms with E-state index in [0.717, 1.165) is 11.4 Å². The fourth-order valence-electron chi connectivity index (χ4n) is 7.15. The summed E-state index contributed by atoms with van der Waals surface area (Å²) in [4.78, 5) is 0. The lowest BCUT2D eigenvalue weighted by Gasteiger charge is -2.18. The number of rotatable bonds is 5. The first-order valence-corrected chi connectivity index (χ1v) is 15.8. The number of hydrogen-bond donors (Lipinski definition) is 1. The van der Waals surface area contributed by atoms with Gasteiger partial charge in [-0.2, -0.15) is 0 Å². The van der Waals surface area contributed by atoms with Gasteiger partial charge in [-0.15, -0.1) is 0 Å². The van der Waals surface area contributed by atoms with Crippen LogP contribution in [-0.4, -0.2) is 4.57 Å². The molecule has 0 fully saturated rings. The zero-order chi connectivity index (χ0) is 30.5. The molecule has 0 atom stereocenters. The molecule has 216 valence electrons. The quantitative estimate of drug-likeness (QED) is 0.199. The number of anilines is 2. The summed E-state index contributed by atoms with van der Waals surface area (Å²) in [5, 5.41) is 11.2. The third kappa shape index (κ3) is 4.27. The van der Waals surface area contributed by atoms with Crippen molar-refractivity contribution in [2.75, 3.05) is 5.32 Å². The number of benzene rings is 8. The first-order valence-electron chi connectivity index (χ1n) is 15.8.